The highest BCUT2D eigenvalue weighted by Gasteiger charge is 2.33. The topological polar surface area (TPSA) is 35.5 Å². The summed E-state index contributed by atoms with van der Waals surface area (Å²) in [7, 11) is 0. The molecule has 1 saturated carbocycles. The minimum Gasteiger partial charge on any atom is -0.431 e. The number of rotatable bonds is 3. The Bertz CT molecular complexity index is 253. The van der Waals surface area contributed by atoms with Gasteiger partial charge in [-0.1, -0.05) is 38.8 Å². The molecule has 0 aromatic carbocycles. The molecule has 0 N–H and O–H groups in total. The lowest BCUT2D eigenvalue weighted by atomic mass is 9.75. The molecule has 17 heavy (non-hydrogen) atoms. The van der Waals surface area contributed by atoms with Crippen LogP contribution in [0.1, 0.15) is 47.0 Å². The molecule has 100 valence electrons. The van der Waals surface area contributed by atoms with E-state index in [1.807, 2.05) is 0 Å². The van der Waals surface area contributed by atoms with Crippen molar-refractivity contribution in [2.45, 2.75) is 58.6 Å². The van der Waals surface area contributed by atoms with Crippen molar-refractivity contribution in [3.05, 3.63) is 0 Å². The van der Waals surface area contributed by atoms with E-state index in [9.17, 15) is 4.79 Å². The van der Waals surface area contributed by atoms with Crippen LogP contribution in [0.3, 0.4) is 0 Å². The van der Waals surface area contributed by atoms with Crippen molar-refractivity contribution in [1.82, 2.24) is 0 Å². The lowest BCUT2D eigenvalue weighted by Gasteiger charge is -2.36. The highest BCUT2D eigenvalue weighted by Crippen LogP contribution is 2.35. The number of carbonyl (C=O) groups is 1. The van der Waals surface area contributed by atoms with Gasteiger partial charge in [0, 0.05) is 0 Å². The molecule has 1 aliphatic rings. The van der Waals surface area contributed by atoms with Gasteiger partial charge in [-0.05, 0) is 37.5 Å². The first kappa shape index (κ1) is 14.6. The third-order valence-corrected chi connectivity index (χ3v) is 3.56. The molecular formula is C13H23ClO3. The molecule has 0 aromatic heterocycles. The first-order valence-electron chi connectivity index (χ1n) is 6.41. The molecule has 0 aromatic rings. The summed E-state index contributed by atoms with van der Waals surface area (Å²) in [5.74, 6) is 1.56. The Morgan fingerprint density at radius 1 is 1.29 bits per heavy atom. The monoisotopic (exact) mass is 262 g/mol. The average molecular weight is 263 g/mol. The molecular weight excluding hydrogens is 240 g/mol. The van der Waals surface area contributed by atoms with E-state index in [0.717, 1.165) is 12.8 Å². The minimum absolute atomic E-state index is 0.0262. The highest BCUT2D eigenvalue weighted by molar-refractivity contribution is 6.19. The van der Waals surface area contributed by atoms with E-state index in [1.165, 1.54) is 6.42 Å². The van der Waals surface area contributed by atoms with E-state index in [-0.39, 0.29) is 6.10 Å². The lowest BCUT2D eigenvalue weighted by molar-refractivity contribution is -0.0342. The van der Waals surface area contributed by atoms with Crippen molar-refractivity contribution in [2.24, 2.45) is 17.8 Å². The van der Waals surface area contributed by atoms with Gasteiger partial charge in [0.1, 0.15) is 6.10 Å². The summed E-state index contributed by atoms with van der Waals surface area (Å²) >= 11 is 5.59. The molecule has 0 heterocycles. The first-order valence-corrected chi connectivity index (χ1v) is 6.85. The highest BCUT2D eigenvalue weighted by atomic mass is 35.5. The first-order chi connectivity index (χ1) is 7.90. The summed E-state index contributed by atoms with van der Waals surface area (Å²) in [5, 5.41) is 0. The summed E-state index contributed by atoms with van der Waals surface area (Å²) in [6.07, 6.45) is 2.59. The van der Waals surface area contributed by atoms with E-state index in [0.29, 0.717) is 17.8 Å². The predicted octanol–water partition coefficient (Wildman–Crippen LogP) is 4.19. The fraction of sp³-hybridized carbons (Fsp3) is 0.923. The van der Waals surface area contributed by atoms with Crippen LogP contribution in [0.2, 0.25) is 0 Å². The van der Waals surface area contributed by atoms with Crippen molar-refractivity contribution in [1.29, 1.82) is 0 Å². The molecule has 2 unspecified atom stereocenters. The van der Waals surface area contributed by atoms with Gasteiger partial charge in [0.25, 0.3) is 0 Å². The largest absolute Gasteiger partial charge is 0.510 e. The minimum atomic E-state index is -0.641. The van der Waals surface area contributed by atoms with Crippen molar-refractivity contribution in [3.8, 4) is 0 Å². The molecule has 0 aliphatic heterocycles. The standard InChI is InChI=1S/C13H23ClO3/c1-8(2)11-6-5-9(3)7-12(11)17-13(15)16-10(4)14/h8-12H,5-7H2,1-4H3/t9?,10?,11-,12+/m0/s1. The van der Waals surface area contributed by atoms with Crippen LogP contribution in [0.4, 0.5) is 4.79 Å². The number of carbonyl (C=O) groups excluding carboxylic acids is 1. The Kier molecular flexibility index (Phi) is 5.57. The van der Waals surface area contributed by atoms with Crippen LogP contribution < -0.4 is 0 Å². The van der Waals surface area contributed by atoms with Crippen LogP contribution in [0.5, 0.6) is 0 Å². The maximum absolute atomic E-state index is 11.5. The van der Waals surface area contributed by atoms with Gasteiger partial charge in [0.15, 0.2) is 5.56 Å². The zero-order valence-corrected chi connectivity index (χ0v) is 11.9. The molecule has 0 amide bonds. The van der Waals surface area contributed by atoms with Crippen molar-refractivity contribution < 1.29 is 14.3 Å². The van der Waals surface area contributed by atoms with Gasteiger partial charge in [0.05, 0.1) is 0 Å². The molecule has 1 aliphatic carbocycles. The quantitative estimate of drug-likeness (QED) is 0.565. The molecule has 0 spiro atoms. The van der Waals surface area contributed by atoms with Gasteiger partial charge in [-0.2, -0.15) is 0 Å². The maximum atomic E-state index is 11.5. The second-order valence-corrected chi connectivity index (χ2v) is 6.01. The number of ether oxygens (including phenoxy) is 2. The lowest BCUT2D eigenvalue weighted by Crippen LogP contribution is -2.36. The Labute approximate surface area is 109 Å². The molecule has 1 rings (SSSR count). The molecule has 0 bridgehead atoms. The van der Waals surface area contributed by atoms with Gasteiger partial charge in [0.2, 0.25) is 0 Å². The molecule has 3 nitrogen and oxygen atoms in total. The number of hydrogen-bond acceptors (Lipinski definition) is 3. The zero-order chi connectivity index (χ0) is 13.0. The van der Waals surface area contributed by atoms with Crippen LogP contribution >= 0.6 is 11.6 Å². The van der Waals surface area contributed by atoms with Gasteiger partial charge in [-0.3, -0.25) is 0 Å². The van der Waals surface area contributed by atoms with Crippen LogP contribution in [-0.4, -0.2) is 17.8 Å². The third-order valence-electron chi connectivity index (χ3n) is 3.47. The fourth-order valence-corrected chi connectivity index (χ4v) is 2.61. The summed E-state index contributed by atoms with van der Waals surface area (Å²) in [6, 6.07) is 0. The summed E-state index contributed by atoms with van der Waals surface area (Å²) in [4.78, 5) is 11.5. The molecule has 0 saturated heterocycles. The van der Waals surface area contributed by atoms with Crippen molar-refractivity contribution in [3.63, 3.8) is 0 Å². The summed E-state index contributed by atoms with van der Waals surface area (Å²) < 4.78 is 10.2. The number of alkyl halides is 1. The second kappa shape index (κ2) is 6.48. The van der Waals surface area contributed by atoms with E-state index in [2.05, 4.69) is 20.8 Å². The van der Waals surface area contributed by atoms with Crippen molar-refractivity contribution >= 4 is 17.8 Å². The van der Waals surface area contributed by atoms with E-state index in [1.54, 1.807) is 6.92 Å². The van der Waals surface area contributed by atoms with Crippen LogP contribution in [0.15, 0.2) is 0 Å². The Hall–Kier alpha value is -0.440. The predicted molar refractivity (Wildman–Crippen MR) is 68.0 cm³/mol. The number of hydrogen-bond donors (Lipinski definition) is 0. The Morgan fingerprint density at radius 2 is 1.94 bits per heavy atom. The summed E-state index contributed by atoms with van der Waals surface area (Å²) in [5.41, 5.74) is -0.638. The Balaban J connectivity index is 2.54. The zero-order valence-electron chi connectivity index (χ0n) is 11.1. The van der Waals surface area contributed by atoms with Crippen LogP contribution in [-0.2, 0) is 9.47 Å². The van der Waals surface area contributed by atoms with Gasteiger partial charge in [-0.15, -0.1) is 0 Å². The van der Waals surface area contributed by atoms with Crippen LogP contribution in [0, 0.1) is 17.8 Å². The third kappa shape index (κ3) is 4.74. The van der Waals surface area contributed by atoms with E-state index >= 15 is 0 Å². The molecule has 1 fully saturated rings. The number of halogens is 1. The molecule has 4 atom stereocenters. The van der Waals surface area contributed by atoms with Crippen LogP contribution in [0.25, 0.3) is 0 Å². The van der Waals surface area contributed by atoms with E-state index in [4.69, 9.17) is 21.1 Å². The smallest absolute Gasteiger partial charge is 0.431 e. The fourth-order valence-electron chi connectivity index (χ4n) is 2.53. The SMILES string of the molecule is CC1CC[C@@H](C(C)C)[C@H](OC(=O)OC(C)Cl)C1. The molecule has 4 heteroatoms. The van der Waals surface area contributed by atoms with Gasteiger partial charge in [-0.25, -0.2) is 4.79 Å². The maximum Gasteiger partial charge on any atom is 0.510 e. The van der Waals surface area contributed by atoms with E-state index < -0.39 is 11.7 Å². The average Bonchev–Trinajstić information content (AvgIpc) is 2.15. The molecule has 0 radical (unpaired) electrons. The van der Waals surface area contributed by atoms with Gasteiger partial charge < -0.3 is 9.47 Å². The van der Waals surface area contributed by atoms with Crippen molar-refractivity contribution in [2.75, 3.05) is 0 Å². The Morgan fingerprint density at radius 3 is 2.47 bits per heavy atom. The normalized spacial score (nSPS) is 31.1. The second-order valence-electron chi connectivity index (χ2n) is 5.39. The summed E-state index contributed by atoms with van der Waals surface area (Å²) in [6.45, 7) is 8.15. The van der Waals surface area contributed by atoms with Gasteiger partial charge >= 0.3 is 6.16 Å².